The summed E-state index contributed by atoms with van der Waals surface area (Å²) in [6, 6.07) is 5.71. The smallest absolute Gasteiger partial charge is 0.314 e. The SMILES string of the molecule is Cc1cc(C)n(S(=O)(=O)c2ccc3[nH]c(=O)c(=O)[nH]c3c2)n1. The number of rotatable bonds is 2. The van der Waals surface area contributed by atoms with Crippen LogP contribution in [0.4, 0.5) is 0 Å². The largest absolute Gasteiger partial charge is 0.316 e. The van der Waals surface area contributed by atoms with Crippen molar-refractivity contribution >= 4 is 21.1 Å². The van der Waals surface area contributed by atoms with E-state index in [1.807, 2.05) is 0 Å². The first-order valence-corrected chi connectivity index (χ1v) is 7.78. The number of aromatic nitrogens is 4. The molecule has 0 aliphatic heterocycles. The van der Waals surface area contributed by atoms with Crippen molar-refractivity contribution in [3.05, 3.63) is 56.4 Å². The maximum Gasteiger partial charge on any atom is 0.314 e. The monoisotopic (exact) mass is 320 g/mol. The molecule has 8 nitrogen and oxygen atoms in total. The molecule has 0 aliphatic carbocycles. The lowest BCUT2D eigenvalue weighted by Gasteiger charge is -2.07. The summed E-state index contributed by atoms with van der Waals surface area (Å²) >= 11 is 0. The average molecular weight is 320 g/mol. The third-order valence-corrected chi connectivity index (χ3v) is 4.86. The summed E-state index contributed by atoms with van der Waals surface area (Å²) in [6.45, 7) is 3.33. The normalized spacial score (nSPS) is 11.9. The van der Waals surface area contributed by atoms with Gasteiger partial charge in [0.15, 0.2) is 0 Å². The molecule has 0 atom stereocenters. The van der Waals surface area contributed by atoms with Crippen molar-refractivity contribution in [2.45, 2.75) is 18.7 Å². The van der Waals surface area contributed by atoms with Gasteiger partial charge < -0.3 is 9.97 Å². The minimum absolute atomic E-state index is 0.0334. The second-order valence-electron chi connectivity index (χ2n) is 4.89. The first-order valence-electron chi connectivity index (χ1n) is 6.34. The predicted molar refractivity (Wildman–Crippen MR) is 79.5 cm³/mol. The number of hydrogen-bond donors (Lipinski definition) is 2. The van der Waals surface area contributed by atoms with Crippen molar-refractivity contribution in [1.82, 2.24) is 19.2 Å². The van der Waals surface area contributed by atoms with Crippen LogP contribution in [-0.4, -0.2) is 27.6 Å². The van der Waals surface area contributed by atoms with E-state index in [0.717, 1.165) is 4.09 Å². The molecule has 0 saturated heterocycles. The summed E-state index contributed by atoms with van der Waals surface area (Å²) < 4.78 is 26.1. The number of hydrogen-bond acceptors (Lipinski definition) is 5. The van der Waals surface area contributed by atoms with Crippen LogP contribution in [0.15, 0.2) is 38.8 Å². The Hall–Kier alpha value is -2.68. The van der Waals surface area contributed by atoms with E-state index < -0.39 is 21.1 Å². The lowest BCUT2D eigenvalue weighted by molar-refractivity contribution is 0.578. The zero-order chi connectivity index (χ0) is 16.1. The van der Waals surface area contributed by atoms with Gasteiger partial charge in [0.05, 0.1) is 27.3 Å². The van der Waals surface area contributed by atoms with E-state index in [0.29, 0.717) is 16.9 Å². The minimum atomic E-state index is -3.87. The van der Waals surface area contributed by atoms with Gasteiger partial charge in [-0.25, -0.2) is 0 Å². The molecule has 0 unspecified atom stereocenters. The number of aryl methyl sites for hydroxylation is 2. The topological polar surface area (TPSA) is 118 Å². The highest BCUT2D eigenvalue weighted by atomic mass is 32.2. The van der Waals surface area contributed by atoms with Crippen LogP contribution in [0.2, 0.25) is 0 Å². The van der Waals surface area contributed by atoms with E-state index in [9.17, 15) is 18.0 Å². The van der Waals surface area contributed by atoms with Gasteiger partial charge in [0.1, 0.15) is 0 Å². The number of fused-ring (bicyclic) bond motifs is 1. The van der Waals surface area contributed by atoms with Crippen LogP contribution < -0.4 is 11.1 Å². The quantitative estimate of drug-likeness (QED) is 0.657. The first kappa shape index (κ1) is 14.3. The third kappa shape index (κ3) is 2.15. The molecule has 1 aromatic carbocycles. The van der Waals surface area contributed by atoms with Crippen molar-refractivity contribution in [3.63, 3.8) is 0 Å². The van der Waals surface area contributed by atoms with Gasteiger partial charge in [-0.05, 0) is 38.1 Å². The molecule has 2 aromatic heterocycles. The van der Waals surface area contributed by atoms with E-state index in [1.54, 1.807) is 19.9 Å². The first-order chi connectivity index (χ1) is 10.3. The minimum Gasteiger partial charge on any atom is -0.316 e. The van der Waals surface area contributed by atoms with Crippen molar-refractivity contribution in [2.24, 2.45) is 0 Å². The van der Waals surface area contributed by atoms with Gasteiger partial charge in [-0.2, -0.15) is 17.6 Å². The maximum absolute atomic E-state index is 12.6. The van der Waals surface area contributed by atoms with Crippen LogP contribution >= 0.6 is 0 Å². The molecule has 0 aliphatic rings. The fraction of sp³-hybridized carbons (Fsp3) is 0.154. The molecular formula is C13H12N4O4S. The summed E-state index contributed by atoms with van der Waals surface area (Å²) in [4.78, 5) is 27.3. The number of aromatic amines is 2. The van der Waals surface area contributed by atoms with E-state index in [-0.39, 0.29) is 10.4 Å². The molecule has 0 amide bonds. The van der Waals surface area contributed by atoms with Crippen LogP contribution in [0.3, 0.4) is 0 Å². The van der Waals surface area contributed by atoms with E-state index in [1.165, 1.54) is 18.2 Å². The van der Waals surface area contributed by atoms with Crippen LogP contribution in [0.5, 0.6) is 0 Å². The number of H-pyrrole nitrogens is 2. The predicted octanol–water partition coefficient (Wildman–Crippen LogP) is 0.267. The van der Waals surface area contributed by atoms with Crippen molar-refractivity contribution < 1.29 is 8.42 Å². The van der Waals surface area contributed by atoms with Gasteiger partial charge in [-0.3, -0.25) is 9.59 Å². The summed E-state index contributed by atoms with van der Waals surface area (Å²) in [5.74, 6) is 0. The molecule has 0 saturated carbocycles. The van der Waals surface area contributed by atoms with Crippen molar-refractivity contribution in [3.8, 4) is 0 Å². The van der Waals surface area contributed by atoms with Gasteiger partial charge in [0.2, 0.25) is 0 Å². The molecular weight excluding hydrogens is 308 g/mol. The Morgan fingerprint density at radius 1 is 1.00 bits per heavy atom. The van der Waals surface area contributed by atoms with Gasteiger partial charge >= 0.3 is 11.1 Å². The van der Waals surface area contributed by atoms with Crippen molar-refractivity contribution in [2.75, 3.05) is 0 Å². The van der Waals surface area contributed by atoms with Gasteiger partial charge in [-0.15, -0.1) is 0 Å². The maximum atomic E-state index is 12.6. The Balaban J connectivity index is 2.26. The molecule has 0 radical (unpaired) electrons. The molecule has 3 rings (SSSR count). The third-order valence-electron chi connectivity index (χ3n) is 3.19. The zero-order valence-corrected chi connectivity index (χ0v) is 12.6. The average Bonchev–Trinajstić information content (AvgIpc) is 2.79. The summed E-state index contributed by atoms with van der Waals surface area (Å²) in [5.41, 5.74) is 0.00565. The van der Waals surface area contributed by atoms with E-state index >= 15 is 0 Å². The fourth-order valence-corrected chi connectivity index (χ4v) is 3.58. The second kappa shape index (κ2) is 4.67. The molecule has 9 heteroatoms. The van der Waals surface area contributed by atoms with Gasteiger partial charge in [-0.1, -0.05) is 0 Å². The number of benzene rings is 1. The van der Waals surface area contributed by atoms with Crippen molar-refractivity contribution in [1.29, 1.82) is 0 Å². The summed E-state index contributed by atoms with van der Waals surface area (Å²) in [7, 11) is -3.87. The summed E-state index contributed by atoms with van der Waals surface area (Å²) in [5, 5.41) is 3.97. The fourth-order valence-electron chi connectivity index (χ4n) is 2.21. The Labute approximate surface area is 124 Å². The molecule has 2 N–H and O–H groups in total. The molecule has 0 spiro atoms. The number of nitrogens with one attached hydrogen (secondary N) is 2. The van der Waals surface area contributed by atoms with E-state index in [2.05, 4.69) is 15.1 Å². The Bertz CT molecular complexity index is 1110. The highest BCUT2D eigenvalue weighted by Gasteiger charge is 2.20. The number of nitrogens with zero attached hydrogens (tertiary/aromatic N) is 2. The molecule has 22 heavy (non-hydrogen) atoms. The highest BCUT2D eigenvalue weighted by molar-refractivity contribution is 7.89. The Kier molecular flexibility index (Phi) is 3.03. The van der Waals surface area contributed by atoms with Gasteiger partial charge in [0, 0.05) is 0 Å². The zero-order valence-electron chi connectivity index (χ0n) is 11.7. The Morgan fingerprint density at radius 3 is 2.23 bits per heavy atom. The van der Waals surface area contributed by atoms with Crippen LogP contribution in [0, 0.1) is 13.8 Å². The molecule has 3 aromatic rings. The molecule has 114 valence electrons. The lowest BCUT2D eigenvalue weighted by Crippen LogP contribution is -2.29. The Morgan fingerprint density at radius 2 is 1.64 bits per heavy atom. The van der Waals surface area contributed by atoms with Crippen LogP contribution in [0.25, 0.3) is 11.0 Å². The van der Waals surface area contributed by atoms with Gasteiger partial charge in [0.25, 0.3) is 10.0 Å². The highest BCUT2D eigenvalue weighted by Crippen LogP contribution is 2.18. The molecule has 2 heterocycles. The van der Waals surface area contributed by atoms with E-state index in [4.69, 9.17) is 0 Å². The summed E-state index contributed by atoms with van der Waals surface area (Å²) in [6.07, 6.45) is 0. The standard InChI is InChI=1S/C13H12N4O4S/c1-7-5-8(2)17(16-7)22(20,21)9-3-4-10-11(6-9)15-13(19)12(18)14-10/h3-6H,1-2H3,(H,14,18)(H,15,19). The van der Waals surface area contributed by atoms with Crippen LogP contribution in [0.1, 0.15) is 11.4 Å². The molecule has 0 fully saturated rings. The van der Waals surface area contributed by atoms with Crippen LogP contribution in [-0.2, 0) is 10.0 Å². The lowest BCUT2D eigenvalue weighted by atomic mass is 10.3. The second-order valence-corrected chi connectivity index (χ2v) is 6.66. The molecule has 0 bridgehead atoms.